The molecule has 0 amide bonds. The Kier molecular flexibility index (Phi) is 3.56. The van der Waals surface area contributed by atoms with E-state index in [2.05, 4.69) is 0 Å². The normalized spacial score (nSPS) is 9.83. The molecule has 2 aromatic rings. The second-order valence-corrected chi connectivity index (χ2v) is 3.66. The summed E-state index contributed by atoms with van der Waals surface area (Å²) in [5, 5.41) is 17.5. The largest absolute Gasteiger partial charge is 0.454 e. The Bertz CT molecular complexity index is 588. The monoisotopic (exact) mass is 243 g/mol. The number of aliphatic hydroxyl groups is 1. The molecule has 0 bridgehead atoms. The van der Waals surface area contributed by atoms with Crippen molar-refractivity contribution in [2.24, 2.45) is 0 Å². The topological polar surface area (TPSA) is 53.2 Å². The third-order valence-corrected chi connectivity index (χ3v) is 2.39. The predicted octanol–water partition coefficient (Wildman–Crippen LogP) is 2.98. The average molecular weight is 243 g/mol. The minimum Gasteiger partial charge on any atom is -0.454 e. The highest BCUT2D eigenvalue weighted by Crippen LogP contribution is 2.25. The van der Waals surface area contributed by atoms with Gasteiger partial charge in [0.05, 0.1) is 18.2 Å². The molecule has 0 heterocycles. The molecule has 3 nitrogen and oxygen atoms in total. The maximum atomic E-state index is 13.6. The first-order chi connectivity index (χ1) is 8.72. The van der Waals surface area contributed by atoms with E-state index < -0.39 is 5.82 Å². The van der Waals surface area contributed by atoms with Gasteiger partial charge in [-0.15, -0.1) is 0 Å². The summed E-state index contributed by atoms with van der Waals surface area (Å²) in [5.41, 5.74) is 0.998. The third-order valence-electron chi connectivity index (χ3n) is 2.39. The Balaban J connectivity index is 2.20. The van der Waals surface area contributed by atoms with Crippen LogP contribution in [0.2, 0.25) is 0 Å². The van der Waals surface area contributed by atoms with E-state index in [4.69, 9.17) is 15.1 Å². The molecule has 4 heteroatoms. The lowest BCUT2D eigenvalue weighted by molar-refractivity contribution is 0.281. The molecule has 1 N–H and O–H groups in total. The average Bonchev–Trinajstić information content (AvgIpc) is 2.42. The van der Waals surface area contributed by atoms with E-state index >= 15 is 0 Å². The maximum Gasteiger partial charge on any atom is 0.167 e. The Morgan fingerprint density at radius 3 is 2.44 bits per heavy atom. The minimum atomic E-state index is -0.583. The van der Waals surface area contributed by atoms with Gasteiger partial charge in [0.15, 0.2) is 11.6 Å². The summed E-state index contributed by atoms with van der Waals surface area (Å²) in [5.74, 6) is -0.0539. The van der Waals surface area contributed by atoms with Crippen LogP contribution in [0.25, 0.3) is 0 Å². The van der Waals surface area contributed by atoms with Crippen molar-refractivity contribution in [3.8, 4) is 17.6 Å². The second-order valence-electron chi connectivity index (χ2n) is 3.66. The van der Waals surface area contributed by atoms with E-state index in [1.165, 1.54) is 12.1 Å². The molecule has 2 rings (SSSR count). The Morgan fingerprint density at radius 2 is 1.89 bits per heavy atom. The molecule has 0 aliphatic heterocycles. The van der Waals surface area contributed by atoms with Gasteiger partial charge in [0.2, 0.25) is 0 Å². The van der Waals surface area contributed by atoms with E-state index in [0.717, 1.165) is 11.6 Å². The second kappa shape index (κ2) is 5.30. The van der Waals surface area contributed by atoms with Crippen molar-refractivity contribution in [2.75, 3.05) is 0 Å². The van der Waals surface area contributed by atoms with E-state index in [0.29, 0.717) is 5.75 Å². The molecule has 0 spiro atoms. The zero-order valence-corrected chi connectivity index (χ0v) is 9.43. The number of aliphatic hydroxyl groups excluding tert-OH is 1. The van der Waals surface area contributed by atoms with Crippen LogP contribution in [-0.4, -0.2) is 5.11 Å². The van der Waals surface area contributed by atoms with Gasteiger partial charge in [-0.25, -0.2) is 4.39 Å². The Morgan fingerprint density at radius 1 is 1.17 bits per heavy atom. The van der Waals surface area contributed by atoms with Crippen LogP contribution >= 0.6 is 0 Å². The van der Waals surface area contributed by atoms with E-state index in [-0.39, 0.29) is 17.9 Å². The number of hydrogen-bond donors (Lipinski definition) is 1. The van der Waals surface area contributed by atoms with Gasteiger partial charge in [0.25, 0.3) is 0 Å². The van der Waals surface area contributed by atoms with Gasteiger partial charge in [-0.1, -0.05) is 12.1 Å². The number of nitriles is 1. The lowest BCUT2D eigenvalue weighted by Crippen LogP contribution is -1.90. The van der Waals surface area contributed by atoms with Gasteiger partial charge in [-0.2, -0.15) is 5.26 Å². The standard InChI is InChI=1S/C14H10FNO2/c15-13-7-11(8-16)3-6-14(13)18-12-4-1-10(9-17)2-5-12/h1-7,17H,9H2. The molecule has 0 fully saturated rings. The molecule has 0 aromatic heterocycles. The van der Waals surface area contributed by atoms with Crippen LogP contribution in [0.1, 0.15) is 11.1 Å². The van der Waals surface area contributed by atoms with Crippen LogP contribution in [0.4, 0.5) is 4.39 Å². The molecule has 0 saturated heterocycles. The number of rotatable bonds is 3. The van der Waals surface area contributed by atoms with Gasteiger partial charge >= 0.3 is 0 Å². The fraction of sp³-hybridized carbons (Fsp3) is 0.0714. The van der Waals surface area contributed by atoms with Crippen LogP contribution in [-0.2, 0) is 6.61 Å². The molecular weight excluding hydrogens is 233 g/mol. The number of ether oxygens (including phenoxy) is 1. The quantitative estimate of drug-likeness (QED) is 0.901. The highest BCUT2D eigenvalue weighted by atomic mass is 19.1. The highest BCUT2D eigenvalue weighted by molar-refractivity contribution is 5.39. The summed E-state index contributed by atoms with van der Waals surface area (Å²) in [4.78, 5) is 0. The smallest absolute Gasteiger partial charge is 0.167 e. The highest BCUT2D eigenvalue weighted by Gasteiger charge is 2.06. The molecule has 0 atom stereocenters. The van der Waals surface area contributed by atoms with Crippen molar-refractivity contribution in [1.29, 1.82) is 5.26 Å². The first kappa shape index (κ1) is 12.1. The van der Waals surface area contributed by atoms with Crippen molar-refractivity contribution in [1.82, 2.24) is 0 Å². The first-order valence-electron chi connectivity index (χ1n) is 5.30. The van der Waals surface area contributed by atoms with Crippen molar-refractivity contribution in [2.45, 2.75) is 6.61 Å². The zero-order chi connectivity index (χ0) is 13.0. The summed E-state index contributed by atoms with van der Waals surface area (Å²) in [7, 11) is 0. The van der Waals surface area contributed by atoms with Crippen LogP contribution in [0.5, 0.6) is 11.5 Å². The van der Waals surface area contributed by atoms with E-state index in [9.17, 15) is 4.39 Å². The maximum absolute atomic E-state index is 13.6. The molecule has 0 aliphatic rings. The van der Waals surface area contributed by atoms with Crippen LogP contribution < -0.4 is 4.74 Å². The molecule has 0 radical (unpaired) electrons. The lowest BCUT2D eigenvalue weighted by atomic mass is 10.2. The van der Waals surface area contributed by atoms with Crippen molar-refractivity contribution >= 4 is 0 Å². The fourth-order valence-electron chi connectivity index (χ4n) is 1.44. The Labute approximate surface area is 104 Å². The molecule has 90 valence electrons. The zero-order valence-electron chi connectivity index (χ0n) is 9.43. The summed E-state index contributed by atoms with van der Waals surface area (Å²) in [6, 6.07) is 12.5. The van der Waals surface area contributed by atoms with Gasteiger partial charge < -0.3 is 9.84 Å². The molecule has 2 aromatic carbocycles. The molecular formula is C14H10FNO2. The van der Waals surface area contributed by atoms with Gasteiger partial charge in [0.1, 0.15) is 5.75 Å². The van der Waals surface area contributed by atoms with Crippen molar-refractivity contribution < 1.29 is 14.2 Å². The predicted molar refractivity (Wildman–Crippen MR) is 63.6 cm³/mol. The number of hydrogen-bond acceptors (Lipinski definition) is 3. The third kappa shape index (κ3) is 2.65. The first-order valence-corrected chi connectivity index (χ1v) is 5.30. The van der Waals surface area contributed by atoms with Gasteiger partial charge in [0, 0.05) is 0 Å². The minimum absolute atomic E-state index is 0.0501. The van der Waals surface area contributed by atoms with Crippen molar-refractivity contribution in [3.05, 3.63) is 59.4 Å². The number of halogens is 1. The van der Waals surface area contributed by atoms with E-state index in [1.807, 2.05) is 6.07 Å². The summed E-state index contributed by atoms with van der Waals surface area (Å²) in [6.45, 7) is -0.0501. The summed E-state index contributed by atoms with van der Waals surface area (Å²) >= 11 is 0. The number of nitrogens with zero attached hydrogens (tertiary/aromatic N) is 1. The number of benzene rings is 2. The SMILES string of the molecule is N#Cc1ccc(Oc2ccc(CO)cc2)c(F)c1. The summed E-state index contributed by atoms with van der Waals surface area (Å²) in [6.07, 6.45) is 0. The van der Waals surface area contributed by atoms with Gasteiger partial charge in [-0.3, -0.25) is 0 Å². The molecule has 0 saturated carbocycles. The van der Waals surface area contributed by atoms with Crippen LogP contribution in [0.3, 0.4) is 0 Å². The Hall–Kier alpha value is -2.38. The lowest BCUT2D eigenvalue weighted by Gasteiger charge is -2.07. The fourth-order valence-corrected chi connectivity index (χ4v) is 1.44. The molecule has 0 aliphatic carbocycles. The molecule has 0 unspecified atom stereocenters. The van der Waals surface area contributed by atoms with Crippen LogP contribution in [0, 0.1) is 17.1 Å². The van der Waals surface area contributed by atoms with Gasteiger partial charge in [-0.05, 0) is 35.9 Å². The van der Waals surface area contributed by atoms with E-state index in [1.54, 1.807) is 24.3 Å². The van der Waals surface area contributed by atoms with Crippen LogP contribution in [0.15, 0.2) is 42.5 Å². The van der Waals surface area contributed by atoms with Crippen molar-refractivity contribution in [3.63, 3.8) is 0 Å². The summed E-state index contributed by atoms with van der Waals surface area (Å²) < 4.78 is 18.9. The molecule has 18 heavy (non-hydrogen) atoms.